The largest absolute Gasteiger partial charge is 0.330 e. The van der Waals surface area contributed by atoms with E-state index in [0.717, 1.165) is 17.3 Å². The van der Waals surface area contributed by atoms with E-state index >= 15 is 0 Å². The van der Waals surface area contributed by atoms with E-state index in [0.29, 0.717) is 12.5 Å². The Hall–Kier alpha value is -0.480. The summed E-state index contributed by atoms with van der Waals surface area (Å²) >= 11 is 1.52. The van der Waals surface area contributed by atoms with Crippen LogP contribution in [-0.4, -0.2) is 15.9 Å². The highest BCUT2D eigenvalue weighted by Crippen LogP contribution is 2.32. The predicted molar refractivity (Wildman–Crippen MR) is 53.9 cm³/mol. The van der Waals surface area contributed by atoms with Crippen LogP contribution in [0.1, 0.15) is 42.4 Å². The Morgan fingerprint density at radius 3 is 2.85 bits per heavy atom. The number of hydrogen-bond acceptors (Lipinski definition) is 4. The molecule has 4 heteroatoms. The van der Waals surface area contributed by atoms with E-state index in [4.69, 9.17) is 5.73 Å². The molecular formula is C9H15N3S. The molecule has 0 bridgehead atoms. The Kier molecular flexibility index (Phi) is 2.90. The standard InChI is InChI=1S/C9H15N3S/c10-6-5-8-11-9(12-13-8)7-3-1-2-4-7/h7H,1-6,10H2. The SMILES string of the molecule is NCCc1nc(C2CCCC2)ns1. The molecule has 1 aromatic heterocycles. The van der Waals surface area contributed by atoms with Crippen molar-refractivity contribution in [3.05, 3.63) is 10.8 Å². The van der Waals surface area contributed by atoms with Crippen molar-refractivity contribution in [3.63, 3.8) is 0 Å². The number of nitrogens with two attached hydrogens (primary N) is 1. The molecule has 0 spiro atoms. The lowest BCUT2D eigenvalue weighted by Crippen LogP contribution is -2.02. The van der Waals surface area contributed by atoms with E-state index in [1.54, 1.807) is 0 Å². The minimum atomic E-state index is 0.641. The van der Waals surface area contributed by atoms with Crippen molar-refractivity contribution in [2.75, 3.05) is 6.54 Å². The van der Waals surface area contributed by atoms with Crippen LogP contribution in [0.5, 0.6) is 0 Å². The number of nitrogens with zero attached hydrogens (tertiary/aromatic N) is 2. The maximum absolute atomic E-state index is 5.46. The van der Waals surface area contributed by atoms with Gasteiger partial charge in [-0.05, 0) is 30.9 Å². The fourth-order valence-electron chi connectivity index (χ4n) is 1.84. The topological polar surface area (TPSA) is 51.8 Å². The van der Waals surface area contributed by atoms with Crippen LogP contribution in [0.4, 0.5) is 0 Å². The third-order valence-corrected chi connectivity index (χ3v) is 3.35. The Bertz CT molecular complexity index is 266. The van der Waals surface area contributed by atoms with Crippen LogP contribution < -0.4 is 5.73 Å². The van der Waals surface area contributed by atoms with Gasteiger partial charge in [0.15, 0.2) is 0 Å². The van der Waals surface area contributed by atoms with Crippen LogP contribution >= 0.6 is 11.5 Å². The van der Waals surface area contributed by atoms with Gasteiger partial charge in [-0.15, -0.1) is 0 Å². The van der Waals surface area contributed by atoms with Gasteiger partial charge in [-0.25, -0.2) is 4.98 Å². The second-order valence-electron chi connectivity index (χ2n) is 3.57. The van der Waals surface area contributed by atoms with Crippen LogP contribution in [0.15, 0.2) is 0 Å². The van der Waals surface area contributed by atoms with Crippen LogP contribution in [-0.2, 0) is 6.42 Å². The summed E-state index contributed by atoms with van der Waals surface area (Å²) in [5, 5.41) is 1.10. The van der Waals surface area contributed by atoms with Gasteiger partial charge in [0.2, 0.25) is 0 Å². The van der Waals surface area contributed by atoms with Crippen molar-refractivity contribution in [1.29, 1.82) is 0 Å². The lowest BCUT2D eigenvalue weighted by atomic mass is 10.1. The highest BCUT2D eigenvalue weighted by molar-refractivity contribution is 7.05. The summed E-state index contributed by atoms with van der Waals surface area (Å²) < 4.78 is 4.39. The van der Waals surface area contributed by atoms with Crippen molar-refractivity contribution in [2.45, 2.75) is 38.0 Å². The number of hydrogen-bond donors (Lipinski definition) is 1. The van der Waals surface area contributed by atoms with Gasteiger partial charge in [0.25, 0.3) is 0 Å². The monoisotopic (exact) mass is 197 g/mol. The number of aromatic nitrogens is 2. The van der Waals surface area contributed by atoms with Crippen LogP contribution in [0.3, 0.4) is 0 Å². The van der Waals surface area contributed by atoms with Gasteiger partial charge in [-0.3, -0.25) is 0 Å². The Morgan fingerprint density at radius 2 is 2.15 bits per heavy atom. The van der Waals surface area contributed by atoms with Crippen LogP contribution in [0.25, 0.3) is 0 Å². The molecule has 1 saturated carbocycles. The molecule has 1 fully saturated rings. The minimum Gasteiger partial charge on any atom is -0.330 e. The van der Waals surface area contributed by atoms with Gasteiger partial charge in [0.05, 0.1) is 0 Å². The smallest absolute Gasteiger partial charge is 0.145 e. The van der Waals surface area contributed by atoms with E-state index < -0.39 is 0 Å². The molecule has 1 aliphatic carbocycles. The second-order valence-corrected chi connectivity index (χ2v) is 4.40. The normalized spacial score (nSPS) is 18.2. The summed E-state index contributed by atoms with van der Waals surface area (Å²) in [6.07, 6.45) is 6.12. The zero-order valence-corrected chi connectivity index (χ0v) is 8.52. The van der Waals surface area contributed by atoms with Gasteiger partial charge in [0, 0.05) is 12.3 Å². The van der Waals surface area contributed by atoms with E-state index in [-0.39, 0.29) is 0 Å². The van der Waals surface area contributed by atoms with Gasteiger partial charge < -0.3 is 5.73 Å². The van der Waals surface area contributed by atoms with E-state index in [9.17, 15) is 0 Å². The molecule has 1 aromatic rings. The molecule has 0 atom stereocenters. The van der Waals surface area contributed by atoms with Gasteiger partial charge in [-0.1, -0.05) is 12.8 Å². The molecule has 2 N–H and O–H groups in total. The minimum absolute atomic E-state index is 0.641. The quantitative estimate of drug-likeness (QED) is 0.802. The molecule has 3 nitrogen and oxygen atoms in total. The first-order valence-electron chi connectivity index (χ1n) is 4.92. The third-order valence-electron chi connectivity index (χ3n) is 2.56. The highest BCUT2D eigenvalue weighted by atomic mass is 32.1. The Balaban J connectivity index is 2.03. The summed E-state index contributed by atoms with van der Waals surface area (Å²) in [7, 11) is 0. The molecule has 0 radical (unpaired) electrons. The first-order chi connectivity index (χ1) is 6.40. The summed E-state index contributed by atoms with van der Waals surface area (Å²) in [5.41, 5.74) is 5.46. The average Bonchev–Trinajstić information content (AvgIpc) is 2.70. The van der Waals surface area contributed by atoms with Crippen molar-refractivity contribution in [2.24, 2.45) is 5.73 Å². The maximum atomic E-state index is 5.46. The molecule has 1 heterocycles. The fraction of sp³-hybridized carbons (Fsp3) is 0.778. The predicted octanol–water partition coefficient (Wildman–Crippen LogP) is 1.70. The summed E-state index contributed by atoms with van der Waals surface area (Å²) in [5.74, 6) is 1.72. The second kappa shape index (κ2) is 4.15. The fourth-order valence-corrected chi connectivity index (χ4v) is 2.58. The lowest BCUT2D eigenvalue weighted by molar-refractivity contribution is 0.677. The van der Waals surface area contributed by atoms with E-state index in [1.807, 2.05) is 0 Å². The van der Waals surface area contributed by atoms with E-state index in [1.165, 1.54) is 37.2 Å². The summed E-state index contributed by atoms with van der Waals surface area (Å²) in [4.78, 5) is 4.51. The molecule has 0 unspecified atom stereocenters. The molecule has 0 aromatic carbocycles. The molecule has 13 heavy (non-hydrogen) atoms. The molecule has 72 valence electrons. The summed E-state index contributed by atoms with van der Waals surface area (Å²) in [6.45, 7) is 0.680. The third kappa shape index (κ3) is 2.06. The van der Waals surface area contributed by atoms with Crippen molar-refractivity contribution in [3.8, 4) is 0 Å². The Morgan fingerprint density at radius 1 is 1.38 bits per heavy atom. The molecule has 0 amide bonds. The molecule has 1 aliphatic rings. The zero-order valence-electron chi connectivity index (χ0n) is 7.70. The van der Waals surface area contributed by atoms with Crippen molar-refractivity contribution in [1.82, 2.24) is 9.36 Å². The van der Waals surface area contributed by atoms with Gasteiger partial charge >= 0.3 is 0 Å². The Labute approximate surface area is 82.5 Å². The molecule has 0 saturated heterocycles. The zero-order chi connectivity index (χ0) is 9.10. The van der Waals surface area contributed by atoms with Gasteiger partial charge in [0.1, 0.15) is 10.8 Å². The number of rotatable bonds is 3. The van der Waals surface area contributed by atoms with E-state index in [2.05, 4.69) is 9.36 Å². The summed E-state index contributed by atoms with van der Waals surface area (Å²) in [6, 6.07) is 0. The molecular weight excluding hydrogens is 182 g/mol. The molecule has 0 aliphatic heterocycles. The molecule has 2 rings (SSSR count). The van der Waals surface area contributed by atoms with Crippen molar-refractivity contribution < 1.29 is 0 Å². The van der Waals surface area contributed by atoms with Gasteiger partial charge in [-0.2, -0.15) is 4.37 Å². The first kappa shape index (κ1) is 9.09. The average molecular weight is 197 g/mol. The first-order valence-corrected chi connectivity index (χ1v) is 5.70. The lowest BCUT2D eigenvalue weighted by Gasteiger charge is -2.00. The van der Waals surface area contributed by atoms with Crippen LogP contribution in [0.2, 0.25) is 0 Å². The maximum Gasteiger partial charge on any atom is 0.145 e. The van der Waals surface area contributed by atoms with Crippen molar-refractivity contribution >= 4 is 11.5 Å². The highest BCUT2D eigenvalue weighted by Gasteiger charge is 2.20. The van der Waals surface area contributed by atoms with Crippen LogP contribution in [0, 0.1) is 0 Å².